The summed E-state index contributed by atoms with van der Waals surface area (Å²) in [5, 5.41) is 5.40. The van der Waals surface area contributed by atoms with Crippen molar-refractivity contribution in [1.29, 1.82) is 0 Å². The molecule has 0 fully saturated rings. The van der Waals surface area contributed by atoms with Crippen LogP contribution in [0.25, 0.3) is 16.9 Å². The average molecular weight is 430 g/mol. The van der Waals surface area contributed by atoms with Crippen molar-refractivity contribution in [1.82, 2.24) is 9.55 Å². The zero-order valence-corrected chi connectivity index (χ0v) is 15.4. The summed E-state index contributed by atoms with van der Waals surface area (Å²) in [5.74, 6) is 0. The van der Waals surface area contributed by atoms with Crippen molar-refractivity contribution in [3.63, 3.8) is 0 Å². The number of nitrogens with two attached hydrogens (primary N) is 1. The molecule has 28 heavy (non-hydrogen) atoms. The third-order valence-electron chi connectivity index (χ3n) is 3.78. The zero-order valence-electron chi connectivity index (χ0n) is 13.8. The van der Waals surface area contributed by atoms with E-state index in [1.807, 2.05) is 0 Å². The SMILES string of the molecule is NS(=O)(=O)c1ccc(-c2cc(C(F)(F)F)nc(=O)n2-c2ccc(Cl)cc2)cc1. The number of primary sulfonamides is 1. The molecule has 0 atom stereocenters. The first-order valence-electron chi connectivity index (χ1n) is 7.57. The highest BCUT2D eigenvalue weighted by Gasteiger charge is 2.34. The number of sulfonamides is 1. The topological polar surface area (TPSA) is 95.1 Å². The molecular formula is C17H11ClF3N3O3S. The van der Waals surface area contributed by atoms with Crippen LogP contribution in [0.15, 0.2) is 64.3 Å². The number of halogens is 4. The van der Waals surface area contributed by atoms with Gasteiger partial charge < -0.3 is 0 Å². The standard InChI is InChI=1S/C17H11ClF3N3O3S/c18-11-3-5-12(6-4-11)24-14(9-15(17(19,20)21)23-16(24)25)10-1-7-13(8-2-10)28(22,26)27/h1-9H,(H2,22,26,27). The van der Waals surface area contributed by atoms with Crippen LogP contribution < -0.4 is 10.8 Å². The lowest BCUT2D eigenvalue weighted by Crippen LogP contribution is -2.27. The highest BCUT2D eigenvalue weighted by atomic mass is 35.5. The number of rotatable bonds is 3. The van der Waals surface area contributed by atoms with Gasteiger partial charge in [-0.25, -0.2) is 18.4 Å². The molecule has 0 aliphatic heterocycles. The Labute approximate surface area is 162 Å². The predicted molar refractivity (Wildman–Crippen MR) is 96.7 cm³/mol. The van der Waals surface area contributed by atoms with E-state index < -0.39 is 27.6 Å². The van der Waals surface area contributed by atoms with Crippen molar-refractivity contribution >= 4 is 21.6 Å². The summed E-state index contributed by atoms with van der Waals surface area (Å²) in [4.78, 5) is 15.3. The fraction of sp³-hybridized carbons (Fsp3) is 0.0588. The summed E-state index contributed by atoms with van der Waals surface area (Å²) >= 11 is 5.82. The van der Waals surface area contributed by atoms with Gasteiger partial charge in [0, 0.05) is 5.02 Å². The molecule has 6 nitrogen and oxygen atoms in total. The van der Waals surface area contributed by atoms with Gasteiger partial charge in [-0.15, -0.1) is 0 Å². The van der Waals surface area contributed by atoms with Crippen LogP contribution in [0.1, 0.15) is 5.69 Å². The van der Waals surface area contributed by atoms with E-state index in [0.29, 0.717) is 11.1 Å². The Hall–Kier alpha value is -2.69. The van der Waals surface area contributed by atoms with Gasteiger partial charge in [0.1, 0.15) is 0 Å². The van der Waals surface area contributed by atoms with Gasteiger partial charge in [0.15, 0.2) is 5.69 Å². The van der Waals surface area contributed by atoms with Crippen molar-refractivity contribution in [2.75, 3.05) is 0 Å². The normalized spacial score (nSPS) is 12.2. The number of nitrogens with zero attached hydrogens (tertiary/aromatic N) is 2. The third-order valence-corrected chi connectivity index (χ3v) is 4.96. The largest absolute Gasteiger partial charge is 0.433 e. The molecule has 0 spiro atoms. The first-order chi connectivity index (χ1) is 13.0. The van der Waals surface area contributed by atoms with E-state index in [-0.39, 0.29) is 21.8 Å². The first-order valence-corrected chi connectivity index (χ1v) is 9.50. The molecular weight excluding hydrogens is 419 g/mol. The maximum absolute atomic E-state index is 13.1. The van der Waals surface area contributed by atoms with Crippen LogP contribution >= 0.6 is 11.6 Å². The quantitative estimate of drug-likeness (QED) is 0.691. The minimum atomic E-state index is -4.84. The lowest BCUT2D eigenvalue weighted by atomic mass is 10.1. The monoisotopic (exact) mass is 429 g/mol. The van der Waals surface area contributed by atoms with E-state index in [0.717, 1.165) is 16.7 Å². The minimum absolute atomic E-state index is 0.129. The van der Waals surface area contributed by atoms with E-state index >= 15 is 0 Å². The van der Waals surface area contributed by atoms with Crippen LogP contribution in [-0.4, -0.2) is 18.0 Å². The maximum atomic E-state index is 13.1. The van der Waals surface area contributed by atoms with Crippen LogP contribution in [0.3, 0.4) is 0 Å². The fourth-order valence-corrected chi connectivity index (χ4v) is 3.14. The Morgan fingerprint density at radius 1 is 1.00 bits per heavy atom. The van der Waals surface area contributed by atoms with E-state index in [2.05, 4.69) is 4.98 Å². The molecule has 2 aromatic carbocycles. The van der Waals surface area contributed by atoms with Gasteiger partial charge in [0.05, 0.1) is 16.3 Å². The lowest BCUT2D eigenvalue weighted by molar-refractivity contribution is -0.141. The molecule has 0 saturated carbocycles. The summed E-state index contributed by atoms with van der Waals surface area (Å²) in [6.45, 7) is 0. The summed E-state index contributed by atoms with van der Waals surface area (Å²) in [6.07, 6.45) is -4.84. The molecule has 146 valence electrons. The predicted octanol–water partition coefficient (Wildman–Crippen LogP) is 3.22. The Bertz CT molecular complexity index is 1190. The van der Waals surface area contributed by atoms with Gasteiger partial charge in [-0.05, 0) is 48.0 Å². The van der Waals surface area contributed by atoms with Gasteiger partial charge in [0.25, 0.3) is 0 Å². The Balaban J connectivity index is 2.29. The maximum Gasteiger partial charge on any atom is 0.433 e. The second-order valence-corrected chi connectivity index (χ2v) is 7.69. The number of hydrogen-bond acceptors (Lipinski definition) is 4. The molecule has 0 amide bonds. The summed E-state index contributed by atoms with van der Waals surface area (Å²) in [7, 11) is -3.98. The van der Waals surface area contributed by atoms with Gasteiger partial charge >= 0.3 is 11.9 Å². The molecule has 0 bridgehead atoms. The van der Waals surface area contributed by atoms with Crippen molar-refractivity contribution < 1.29 is 21.6 Å². The molecule has 1 heterocycles. The number of alkyl halides is 3. The number of hydrogen-bond donors (Lipinski definition) is 1. The van der Waals surface area contributed by atoms with Crippen molar-refractivity contribution in [2.24, 2.45) is 5.14 Å². The fourth-order valence-electron chi connectivity index (χ4n) is 2.50. The summed E-state index contributed by atoms with van der Waals surface area (Å²) in [5.41, 5.74) is -2.25. The summed E-state index contributed by atoms with van der Waals surface area (Å²) in [6, 6.07) is 11.3. The molecule has 2 N–H and O–H groups in total. The molecule has 3 rings (SSSR count). The molecule has 1 aromatic heterocycles. The molecule has 0 saturated heterocycles. The van der Waals surface area contributed by atoms with E-state index in [1.165, 1.54) is 36.4 Å². The van der Waals surface area contributed by atoms with Crippen molar-refractivity contribution in [2.45, 2.75) is 11.1 Å². The molecule has 0 aliphatic carbocycles. The molecule has 11 heteroatoms. The van der Waals surface area contributed by atoms with E-state index in [4.69, 9.17) is 16.7 Å². The van der Waals surface area contributed by atoms with Crippen molar-refractivity contribution in [3.8, 4) is 16.9 Å². The van der Waals surface area contributed by atoms with Crippen LogP contribution in [0, 0.1) is 0 Å². The van der Waals surface area contributed by atoms with Gasteiger partial charge in [-0.1, -0.05) is 23.7 Å². The van der Waals surface area contributed by atoms with Crippen LogP contribution in [0.5, 0.6) is 0 Å². The zero-order chi connectivity index (χ0) is 20.7. The summed E-state index contributed by atoms with van der Waals surface area (Å²) < 4.78 is 63.2. The molecule has 3 aromatic rings. The molecule has 0 aliphatic rings. The lowest BCUT2D eigenvalue weighted by Gasteiger charge is -2.15. The van der Waals surface area contributed by atoms with Gasteiger partial charge in [-0.3, -0.25) is 4.57 Å². The van der Waals surface area contributed by atoms with Crippen LogP contribution in [0.2, 0.25) is 5.02 Å². The Kier molecular flexibility index (Phi) is 5.04. The molecule has 0 unspecified atom stereocenters. The Morgan fingerprint density at radius 3 is 2.07 bits per heavy atom. The minimum Gasteiger partial charge on any atom is -0.260 e. The smallest absolute Gasteiger partial charge is 0.260 e. The highest BCUT2D eigenvalue weighted by molar-refractivity contribution is 7.89. The highest BCUT2D eigenvalue weighted by Crippen LogP contribution is 2.31. The van der Waals surface area contributed by atoms with Crippen LogP contribution in [-0.2, 0) is 16.2 Å². The first kappa shape index (κ1) is 20.1. The second-order valence-electron chi connectivity index (χ2n) is 5.69. The van der Waals surface area contributed by atoms with E-state index in [1.54, 1.807) is 0 Å². The van der Waals surface area contributed by atoms with E-state index in [9.17, 15) is 26.4 Å². The average Bonchev–Trinajstić information content (AvgIpc) is 2.61. The number of aromatic nitrogens is 2. The second kappa shape index (κ2) is 7.04. The molecule has 0 radical (unpaired) electrons. The van der Waals surface area contributed by atoms with Gasteiger partial charge in [0.2, 0.25) is 10.0 Å². The number of benzene rings is 2. The van der Waals surface area contributed by atoms with Gasteiger partial charge in [-0.2, -0.15) is 18.2 Å². The van der Waals surface area contributed by atoms with Crippen molar-refractivity contribution in [3.05, 3.63) is 75.8 Å². The Morgan fingerprint density at radius 2 is 1.57 bits per heavy atom. The van der Waals surface area contributed by atoms with Crippen LogP contribution in [0.4, 0.5) is 13.2 Å². The third kappa shape index (κ3) is 4.08.